The zero-order valence-corrected chi connectivity index (χ0v) is 11.5. The van der Waals surface area contributed by atoms with E-state index in [1.807, 2.05) is 30.3 Å². The van der Waals surface area contributed by atoms with Crippen molar-refractivity contribution >= 4 is 17.5 Å². The van der Waals surface area contributed by atoms with E-state index in [1.54, 1.807) is 0 Å². The van der Waals surface area contributed by atoms with Crippen LogP contribution in [0.15, 0.2) is 42.5 Å². The third-order valence-corrected chi connectivity index (χ3v) is 5.70. The molecule has 1 aromatic carbocycles. The lowest BCUT2D eigenvalue weighted by atomic mass is 9.61. The molecular weight excluding hydrogens is 264 g/mol. The average molecular weight is 280 g/mol. The minimum absolute atomic E-state index is 0.00755. The van der Waals surface area contributed by atoms with E-state index in [2.05, 4.69) is 17.6 Å². The Morgan fingerprint density at radius 1 is 0.952 bits per heavy atom. The summed E-state index contributed by atoms with van der Waals surface area (Å²) in [6.45, 7) is 0. The summed E-state index contributed by atoms with van der Waals surface area (Å²) in [5.74, 6) is 1.54. The first-order valence-corrected chi connectivity index (χ1v) is 7.63. The molecule has 3 fully saturated rings. The quantitative estimate of drug-likeness (QED) is 0.797. The van der Waals surface area contributed by atoms with Crippen molar-refractivity contribution in [1.82, 2.24) is 5.43 Å². The highest BCUT2D eigenvalue weighted by atomic mass is 16.2. The zero-order chi connectivity index (χ0) is 14.1. The molecule has 5 aliphatic rings. The number of amides is 2. The van der Waals surface area contributed by atoms with Crippen molar-refractivity contribution in [3.8, 4) is 0 Å². The number of anilines is 1. The molecule has 4 heteroatoms. The first kappa shape index (κ1) is 11.5. The number of hydrogen-bond donors (Lipinski definition) is 1. The van der Waals surface area contributed by atoms with Crippen LogP contribution in [0.25, 0.3) is 0 Å². The highest BCUT2D eigenvalue weighted by molar-refractivity contribution is 6.04. The highest BCUT2D eigenvalue weighted by Gasteiger charge is 2.64. The number of hydrogen-bond acceptors (Lipinski definition) is 2. The molecule has 2 bridgehead atoms. The molecule has 0 radical (unpaired) electrons. The van der Waals surface area contributed by atoms with E-state index in [9.17, 15) is 9.59 Å². The number of carbonyl (C=O) groups is 2. The normalized spacial score (nSPS) is 42.4. The van der Waals surface area contributed by atoms with Crippen LogP contribution in [-0.4, -0.2) is 11.8 Å². The SMILES string of the molecule is O=C1NN(c2ccccc2)C(=O)[C@H]2[C@H]3C=C[C@@H]([C@@H]4C[C@H]34)[C@@H]12. The van der Waals surface area contributed by atoms with Gasteiger partial charge in [0.25, 0.3) is 0 Å². The molecule has 0 spiro atoms. The standard InChI is InChI=1S/C17H16N2O2/c20-16-14-10-6-7-11(13-8-12(10)13)15(14)17(21)19(18-16)9-4-2-1-3-5-9/h1-7,10-15H,8H2,(H,18,20)/t10-,11-,12-,13+,14+,15-/m0/s1. The Labute approximate surface area is 122 Å². The predicted molar refractivity (Wildman–Crippen MR) is 76.8 cm³/mol. The van der Waals surface area contributed by atoms with E-state index in [0.29, 0.717) is 11.8 Å². The highest BCUT2D eigenvalue weighted by Crippen LogP contribution is 2.64. The van der Waals surface area contributed by atoms with Gasteiger partial charge in [-0.05, 0) is 42.2 Å². The third-order valence-electron chi connectivity index (χ3n) is 5.70. The maximum Gasteiger partial charge on any atom is 0.250 e. The Hall–Kier alpha value is -2.10. The summed E-state index contributed by atoms with van der Waals surface area (Å²) in [7, 11) is 0. The lowest BCUT2D eigenvalue weighted by Gasteiger charge is -2.48. The number of nitrogens with zero attached hydrogens (tertiary/aromatic N) is 1. The van der Waals surface area contributed by atoms with Crippen molar-refractivity contribution in [1.29, 1.82) is 0 Å². The van der Waals surface area contributed by atoms with Crippen molar-refractivity contribution in [2.75, 3.05) is 5.01 Å². The van der Waals surface area contributed by atoms with Gasteiger partial charge in [0.2, 0.25) is 11.8 Å². The topological polar surface area (TPSA) is 49.4 Å². The molecule has 0 unspecified atom stereocenters. The van der Waals surface area contributed by atoms with E-state index in [0.717, 1.165) is 5.69 Å². The lowest BCUT2D eigenvalue weighted by Crippen LogP contribution is -2.64. The molecule has 21 heavy (non-hydrogen) atoms. The van der Waals surface area contributed by atoms with Gasteiger partial charge in [0.15, 0.2) is 0 Å². The number of allylic oxidation sites excluding steroid dienone is 2. The summed E-state index contributed by atoms with van der Waals surface area (Å²) >= 11 is 0. The molecule has 1 aromatic rings. The third kappa shape index (κ3) is 1.40. The summed E-state index contributed by atoms with van der Waals surface area (Å²) in [6.07, 6.45) is 5.56. The first-order chi connectivity index (χ1) is 10.3. The lowest BCUT2D eigenvalue weighted by molar-refractivity contribution is -0.146. The van der Waals surface area contributed by atoms with Crippen molar-refractivity contribution in [3.63, 3.8) is 0 Å². The second kappa shape index (κ2) is 3.75. The van der Waals surface area contributed by atoms with E-state index in [1.165, 1.54) is 11.4 Å². The summed E-state index contributed by atoms with van der Waals surface area (Å²) < 4.78 is 0. The molecule has 1 saturated heterocycles. The van der Waals surface area contributed by atoms with Crippen molar-refractivity contribution in [3.05, 3.63) is 42.5 Å². The number of hydrazine groups is 1. The van der Waals surface area contributed by atoms with Crippen LogP contribution in [0.2, 0.25) is 0 Å². The fourth-order valence-corrected chi connectivity index (χ4v) is 4.73. The van der Waals surface area contributed by atoms with Gasteiger partial charge >= 0.3 is 0 Å². The van der Waals surface area contributed by atoms with E-state index in [4.69, 9.17) is 0 Å². The molecule has 1 aliphatic heterocycles. The first-order valence-electron chi connectivity index (χ1n) is 7.63. The van der Waals surface area contributed by atoms with Crippen molar-refractivity contribution in [2.24, 2.45) is 35.5 Å². The van der Waals surface area contributed by atoms with Crippen molar-refractivity contribution < 1.29 is 9.59 Å². The number of benzene rings is 1. The summed E-state index contributed by atoms with van der Waals surface area (Å²) in [5, 5.41) is 1.45. The summed E-state index contributed by atoms with van der Waals surface area (Å²) in [4.78, 5) is 25.5. The van der Waals surface area contributed by atoms with Crippen LogP contribution in [0.1, 0.15) is 6.42 Å². The van der Waals surface area contributed by atoms with Crippen LogP contribution < -0.4 is 10.4 Å². The van der Waals surface area contributed by atoms with Gasteiger partial charge in [-0.25, -0.2) is 5.01 Å². The number of carbonyl (C=O) groups excluding carboxylic acids is 2. The predicted octanol–water partition coefficient (Wildman–Crippen LogP) is 1.75. The van der Waals surface area contributed by atoms with Gasteiger partial charge in [0.05, 0.1) is 17.5 Å². The number of para-hydroxylation sites is 1. The van der Waals surface area contributed by atoms with E-state index in [-0.39, 0.29) is 35.5 Å². The van der Waals surface area contributed by atoms with Gasteiger partial charge < -0.3 is 0 Å². The Balaban J connectivity index is 1.56. The molecular formula is C17H16N2O2. The molecule has 6 atom stereocenters. The van der Waals surface area contributed by atoms with Gasteiger partial charge in [-0.15, -0.1) is 0 Å². The Morgan fingerprint density at radius 3 is 2.33 bits per heavy atom. The Bertz CT molecular complexity index is 669. The Morgan fingerprint density at radius 2 is 1.62 bits per heavy atom. The molecule has 2 amide bonds. The van der Waals surface area contributed by atoms with Gasteiger partial charge in [-0.3, -0.25) is 15.0 Å². The van der Waals surface area contributed by atoms with Crippen LogP contribution in [0, 0.1) is 35.5 Å². The minimum atomic E-state index is -0.169. The van der Waals surface area contributed by atoms with Crippen molar-refractivity contribution in [2.45, 2.75) is 6.42 Å². The number of rotatable bonds is 1. The second-order valence-corrected chi connectivity index (χ2v) is 6.64. The number of nitrogens with one attached hydrogen (secondary N) is 1. The van der Waals surface area contributed by atoms with Crippen LogP contribution in [0.3, 0.4) is 0 Å². The van der Waals surface area contributed by atoms with Gasteiger partial charge in [-0.1, -0.05) is 30.4 Å². The monoisotopic (exact) mass is 280 g/mol. The molecule has 106 valence electrons. The summed E-state index contributed by atoms with van der Waals surface area (Å²) in [6, 6.07) is 9.38. The fourth-order valence-electron chi connectivity index (χ4n) is 4.73. The van der Waals surface area contributed by atoms with Gasteiger partial charge in [-0.2, -0.15) is 0 Å². The smallest absolute Gasteiger partial charge is 0.250 e. The minimum Gasteiger partial charge on any atom is -0.273 e. The molecule has 4 nitrogen and oxygen atoms in total. The largest absolute Gasteiger partial charge is 0.273 e. The summed E-state index contributed by atoms with van der Waals surface area (Å²) in [5.41, 5.74) is 3.56. The molecule has 1 heterocycles. The molecule has 4 aliphatic carbocycles. The van der Waals surface area contributed by atoms with Crippen LogP contribution >= 0.6 is 0 Å². The second-order valence-electron chi connectivity index (χ2n) is 6.64. The maximum atomic E-state index is 12.9. The molecule has 6 rings (SSSR count). The average Bonchev–Trinajstić information content (AvgIpc) is 3.33. The maximum absolute atomic E-state index is 12.9. The van der Waals surface area contributed by atoms with Crippen LogP contribution in [0.4, 0.5) is 5.69 Å². The van der Waals surface area contributed by atoms with Crippen LogP contribution in [-0.2, 0) is 9.59 Å². The van der Waals surface area contributed by atoms with E-state index >= 15 is 0 Å². The molecule has 1 N–H and O–H groups in total. The van der Waals surface area contributed by atoms with Crippen LogP contribution in [0.5, 0.6) is 0 Å². The van der Waals surface area contributed by atoms with Gasteiger partial charge in [0, 0.05) is 0 Å². The van der Waals surface area contributed by atoms with E-state index < -0.39 is 0 Å². The Kier molecular flexibility index (Phi) is 2.06. The zero-order valence-electron chi connectivity index (χ0n) is 11.5. The fraction of sp³-hybridized carbons (Fsp3) is 0.412. The molecule has 2 saturated carbocycles. The molecule has 0 aromatic heterocycles. The van der Waals surface area contributed by atoms with Gasteiger partial charge in [0.1, 0.15) is 0 Å².